The van der Waals surface area contributed by atoms with Crippen molar-refractivity contribution < 1.29 is 9.47 Å². The van der Waals surface area contributed by atoms with Crippen LogP contribution in [0.15, 0.2) is 42.9 Å². The van der Waals surface area contributed by atoms with Crippen LogP contribution in [0.5, 0.6) is 5.88 Å². The summed E-state index contributed by atoms with van der Waals surface area (Å²) >= 11 is 0. The molecule has 26 heavy (non-hydrogen) atoms. The monoisotopic (exact) mass is 356 g/mol. The van der Waals surface area contributed by atoms with E-state index in [2.05, 4.69) is 15.0 Å². The van der Waals surface area contributed by atoms with E-state index in [0.717, 1.165) is 57.6 Å². The first-order valence-corrected chi connectivity index (χ1v) is 9.63. The van der Waals surface area contributed by atoms with Crippen molar-refractivity contribution in [3.05, 3.63) is 42.9 Å². The molecular weight excluding hydrogens is 328 g/mol. The average Bonchev–Trinajstić information content (AvgIpc) is 3.31. The number of aromatic nitrogens is 3. The molecule has 3 atom stereocenters. The maximum Gasteiger partial charge on any atom is 0.213 e. The van der Waals surface area contributed by atoms with Crippen LogP contribution in [0.2, 0.25) is 0 Å². The first-order chi connectivity index (χ1) is 12.8. The summed E-state index contributed by atoms with van der Waals surface area (Å²) in [7, 11) is 1.88. The zero-order valence-electron chi connectivity index (χ0n) is 15.5. The fraction of sp³-hybridized carbons (Fsp3) is 0.600. The lowest BCUT2D eigenvalue weighted by atomic mass is 9.79. The van der Waals surface area contributed by atoms with Gasteiger partial charge >= 0.3 is 0 Å². The zero-order valence-corrected chi connectivity index (χ0v) is 15.5. The molecule has 0 spiro atoms. The third kappa shape index (κ3) is 3.62. The van der Waals surface area contributed by atoms with Crippen molar-refractivity contribution in [2.24, 2.45) is 0 Å². The molecule has 6 nitrogen and oxygen atoms in total. The van der Waals surface area contributed by atoms with E-state index in [1.54, 1.807) is 6.20 Å². The maximum absolute atomic E-state index is 6.16. The largest absolute Gasteiger partial charge is 0.474 e. The second-order valence-corrected chi connectivity index (χ2v) is 7.38. The first kappa shape index (κ1) is 17.5. The lowest BCUT2D eigenvalue weighted by Gasteiger charge is -2.43. The summed E-state index contributed by atoms with van der Waals surface area (Å²) in [5.74, 6) is 0.727. The third-order valence-electron chi connectivity index (χ3n) is 5.97. The SMILES string of the molecule is COC12CCC(Oc3ccccn3)CC1N(CCCn1cccn1)CC2. The molecule has 0 amide bonds. The Morgan fingerprint density at radius 1 is 1.19 bits per heavy atom. The van der Waals surface area contributed by atoms with Gasteiger partial charge in [0.2, 0.25) is 5.88 Å². The molecule has 2 aromatic rings. The van der Waals surface area contributed by atoms with E-state index < -0.39 is 0 Å². The minimum absolute atomic E-state index is 0.00429. The minimum atomic E-state index is -0.00429. The Morgan fingerprint density at radius 3 is 2.92 bits per heavy atom. The first-order valence-electron chi connectivity index (χ1n) is 9.63. The van der Waals surface area contributed by atoms with Crippen molar-refractivity contribution in [3.63, 3.8) is 0 Å². The van der Waals surface area contributed by atoms with Crippen LogP contribution >= 0.6 is 0 Å². The quantitative estimate of drug-likeness (QED) is 0.763. The smallest absolute Gasteiger partial charge is 0.213 e. The Bertz CT molecular complexity index is 678. The van der Waals surface area contributed by atoms with Gasteiger partial charge in [0.15, 0.2) is 0 Å². The van der Waals surface area contributed by atoms with Crippen LogP contribution in [-0.4, -0.2) is 57.6 Å². The van der Waals surface area contributed by atoms with Crippen LogP contribution in [-0.2, 0) is 11.3 Å². The van der Waals surface area contributed by atoms with Crippen molar-refractivity contribution in [1.29, 1.82) is 0 Å². The van der Waals surface area contributed by atoms with E-state index in [9.17, 15) is 0 Å². The second kappa shape index (κ2) is 7.76. The zero-order chi connectivity index (χ0) is 17.8. The molecule has 0 bridgehead atoms. The fourth-order valence-electron chi connectivity index (χ4n) is 4.59. The number of methoxy groups -OCH3 is 1. The van der Waals surface area contributed by atoms with Crippen LogP contribution in [0, 0.1) is 0 Å². The Morgan fingerprint density at radius 2 is 2.15 bits per heavy atom. The van der Waals surface area contributed by atoms with E-state index in [1.165, 1.54) is 0 Å². The molecule has 2 aromatic heterocycles. The summed E-state index contributed by atoms with van der Waals surface area (Å²) in [6.07, 6.45) is 11.2. The highest BCUT2D eigenvalue weighted by Gasteiger charge is 2.51. The summed E-state index contributed by atoms with van der Waals surface area (Å²) in [6, 6.07) is 8.23. The van der Waals surface area contributed by atoms with E-state index in [-0.39, 0.29) is 11.7 Å². The van der Waals surface area contributed by atoms with Gasteiger partial charge in [-0.25, -0.2) is 4.98 Å². The Balaban J connectivity index is 1.37. The Labute approximate surface area is 155 Å². The van der Waals surface area contributed by atoms with Gasteiger partial charge in [0.05, 0.1) is 5.60 Å². The summed E-state index contributed by atoms with van der Waals surface area (Å²) in [4.78, 5) is 6.91. The van der Waals surface area contributed by atoms with Crippen LogP contribution < -0.4 is 4.74 Å². The molecule has 4 rings (SSSR count). The number of fused-ring (bicyclic) bond motifs is 1. The van der Waals surface area contributed by atoms with E-state index in [1.807, 2.05) is 48.5 Å². The summed E-state index contributed by atoms with van der Waals surface area (Å²) in [5.41, 5.74) is -0.00429. The predicted octanol–water partition coefficient (Wildman–Crippen LogP) is 2.76. The predicted molar refractivity (Wildman–Crippen MR) is 99.1 cm³/mol. The number of nitrogens with zero attached hydrogens (tertiary/aromatic N) is 4. The number of pyridine rings is 1. The van der Waals surface area contributed by atoms with E-state index >= 15 is 0 Å². The van der Waals surface area contributed by atoms with Crippen molar-refractivity contribution >= 4 is 0 Å². The normalized spacial score (nSPS) is 28.8. The molecule has 140 valence electrons. The highest BCUT2D eigenvalue weighted by atomic mass is 16.5. The highest BCUT2D eigenvalue weighted by molar-refractivity contribution is 5.11. The van der Waals surface area contributed by atoms with Gasteiger partial charge in [-0.2, -0.15) is 5.10 Å². The van der Waals surface area contributed by atoms with Crippen LogP contribution in [0.3, 0.4) is 0 Å². The van der Waals surface area contributed by atoms with E-state index in [0.29, 0.717) is 6.04 Å². The minimum Gasteiger partial charge on any atom is -0.474 e. The summed E-state index contributed by atoms with van der Waals surface area (Å²) < 4.78 is 14.2. The van der Waals surface area contributed by atoms with E-state index in [4.69, 9.17) is 9.47 Å². The maximum atomic E-state index is 6.16. The third-order valence-corrected chi connectivity index (χ3v) is 5.97. The van der Waals surface area contributed by atoms with Crippen LogP contribution in [0.4, 0.5) is 0 Å². The van der Waals surface area contributed by atoms with Gasteiger partial charge in [-0.05, 0) is 37.8 Å². The molecule has 3 unspecified atom stereocenters. The molecule has 1 saturated carbocycles. The van der Waals surface area contributed by atoms with Crippen molar-refractivity contribution in [2.45, 2.75) is 56.4 Å². The van der Waals surface area contributed by atoms with Crippen molar-refractivity contribution in [1.82, 2.24) is 19.7 Å². The summed E-state index contributed by atoms with van der Waals surface area (Å²) in [6.45, 7) is 3.14. The number of aryl methyl sites for hydroxylation is 1. The molecule has 2 aliphatic rings. The molecule has 0 radical (unpaired) electrons. The number of hydrogen-bond acceptors (Lipinski definition) is 5. The average molecular weight is 356 g/mol. The standard InChI is InChI=1S/C20H28N4O2/c1-25-20-8-7-17(26-19-6-2-3-10-21-19)16-18(20)23(15-9-20)12-5-14-24-13-4-11-22-24/h2-4,6,10-11,13,17-18H,5,7-9,12,14-16H2,1H3. The Hall–Kier alpha value is -1.92. The van der Waals surface area contributed by atoms with Gasteiger partial charge in [-0.3, -0.25) is 9.58 Å². The van der Waals surface area contributed by atoms with Crippen molar-refractivity contribution in [2.75, 3.05) is 20.2 Å². The lowest BCUT2D eigenvalue weighted by Crippen LogP contribution is -2.52. The number of rotatable bonds is 7. The second-order valence-electron chi connectivity index (χ2n) is 7.38. The van der Waals surface area contributed by atoms with Gasteiger partial charge in [0.25, 0.3) is 0 Å². The van der Waals surface area contributed by atoms with Crippen LogP contribution in [0.25, 0.3) is 0 Å². The summed E-state index contributed by atoms with van der Waals surface area (Å²) in [5, 5.41) is 4.30. The Kier molecular flexibility index (Phi) is 5.22. The molecule has 3 heterocycles. The highest BCUT2D eigenvalue weighted by Crippen LogP contribution is 2.43. The molecular formula is C20H28N4O2. The number of likely N-dealkylation sites (tertiary alicyclic amines) is 1. The lowest BCUT2D eigenvalue weighted by molar-refractivity contribution is -0.0833. The number of ether oxygens (including phenoxy) is 2. The van der Waals surface area contributed by atoms with Gasteiger partial charge in [0.1, 0.15) is 6.10 Å². The van der Waals surface area contributed by atoms with Gasteiger partial charge in [-0.15, -0.1) is 0 Å². The molecule has 0 N–H and O–H groups in total. The van der Waals surface area contributed by atoms with Crippen molar-refractivity contribution in [3.8, 4) is 5.88 Å². The van der Waals surface area contributed by atoms with Gasteiger partial charge < -0.3 is 9.47 Å². The topological polar surface area (TPSA) is 52.4 Å². The molecule has 2 fully saturated rings. The molecule has 1 saturated heterocycles. The molecule has 1 aliphatic carbocycles. The molecule has 1 aliphatic heterocycles. The molecule has 0 aromatic carbocycles. The van der Waals surface area contributed by atoms with Gasteiger partial charge in [-0.1, -0.05) is 6.07 Å². The van der Waals surface area contributed by atoms with Gasteiger partial charge in [0, 0.05) is 63.9 Å². The molecule has 6 heteroatoms. The van der Waals surface area contributed by atoms with Crippen LogP contribution in [0.1, 0.15) is 32.1 Å². The number of hydrogen-bond donors (Lipinski definition) is 0. The fourth-order valence-corrected chi connectivity index (χ4v) is 4.59.